The number of aryl methyl sites for hydroxylation is 2. The average Bonchev–Trinajstić information content (AvgIpc) is 2.77. The lowest BCUT2D eigenvalue weighted by Gasteiger charge is -2.20. The molecule has 0 heterocycles. The highest BCUT2D eigenvalue weighted by atomic mass is 32.2. The molecule has 33 heavy (non-hydrogen) atoms. The monoisotopic (exact) mass is 465 g/mol. The standard InChI is InChI=1S/C27H31NO4S/c1-17-18(2)20(4)26(21(5)19(17)3)33(31,32)28-25-12-7-6-10-23(25)11-8-9-22-13-15-24(16-14-22)27(29)30/h6-7,10,12-16,28H,8-9,11H2,1-5H3,(H,29,30). The molecule has 3 aromatic rings. The molecule has 2 N–H and O–H groups in total. The van der Waals surface area contributed by atoms with E-state index in [4.69, 9.17) is 5.11 Å². The number of hydrogen-bond acceptors (Lipinski definition) is 3. The van der Waals surface area contributed by atoms with E-state index in [2.05, 4.69) is 4.72 Å². The van der Waals surface area contributed by atoms with Gasteiger partial charge >= 0.3 is 5.97 Å². The molecular weight excluding hydrogens is 434 g/mol. The Bertz CT molecular complexity index is 1260. The first-order valence-corrected chi connectivity index (χ1v) is 12.5. The Morgan fingerprint density at radius 1 is 0.788 bits per heavy atom. The largest absolute Gasteiger partial charge is 0.478 e. The molecule has 0 saturated heterocycles. The van der Waals surface area contributed by atoms with Gasteiger partial charge in [0.15, 0.2) is 0 Å². The highest BCUT2D eigenvalue weighted by molar-refractivity contribution is 7.92. The summed E-state index contributed by atoms with van der Waals surface area (Å²) in [4.78, 5) is 11.4. The summed E-state index contributed by atoms with van der Waals surface area (Å²) in [5.41, 5.74) is 7.53. The minimum absolute atomic E-state index is 0.269. The van der Waals surface area contributed by atoms with Crippen molar-refractivity contribution in [3.8, 4) is 0 Å². The topological polar surface area (TPSA) is 83.5 Å². The molecule has 0 aliphatic rings. The Hall–Kier alpha value is -3.12. The molecule has 0 aliphatic heterocycles. The van der Waals surface area contributed by atoms with Crippen LogP contribution in [0, 0.1) is 34.6 Å². The van der Waals surface area contributed by atoms with Crippen LogP contribution in [0.2, 0.25) is 0 Å². The van der Waals surface area contributed by atoms with E-state index in [9.17, 15) is 13.2 Å². The molecule has 3 aromatic carbocycles. The zero-order valence-corrected chi connectivity index (χ0v) is 20.6. The maximum Gasteiger partial charge on any atom is 0.335 e. The van der Waals surface area contributed by atoms with Crippen LogP contribution in [-0.4, -0.2) is 19.5 Å². The third-order valence-electron chi connectivity index (χ3n) is 6.57. The van der Waals surface area contributed by atoms with Gasteiger partial charge < -0.3 is 5.11 Å². The van der Waals surface area contributed by atoms with Crippen LogP contribution in [0.25, 0.3) is 0 Å². The molecule has 0 saturated carbocycles. The fourth-order valence-electron chi connectivity index (χ4n) is 4.20. The number of benzene rings is 3. The maximum atomic E-state index is 13.4. The molecule has 0 fully saturated rings. The number of para-hydroxylation sites is 1. The molecule has 5 nitrogen and oxygen atoms in total. The van der Waals surface area contributed by atoms with Gasteiger partial charge in [0.25, 0.3) is 10.0 Å². The van der Waals surface area contributed by atoms with Gasteiger partial charge in [-0.2, -0.15) is 0 Å². The lowest BCUT2D eigenvalue weighted by atomic mass is 9.95. The summed E-state index contributed by atoms with van der Waals surface area (Å²) in [5.74, 6) is -0.938. The maximum absolute atomic E-state index is 13.4. The van der Waals surface area contributed by atoms with Crippen molar-refractivity contribution in [1.82, 2.24) is 0 Å². The predicted octanol–water partition coefficient (Wildman–Crippen LogP) is 5.90. The normalized spacial score (nSPS) is 11.4. The number of carbonyl (C=O) groups is 1. The fourth-order valence-corrected chi connectivity index (χ4v) is 5.90. The SMILES string of the molecule is Cc1c(C)c(C)c(S(=O)(=O)Nc2ccccc2CCCc2ccc(C(=O)O)cc2)c(C)c1C. The van der Waals surface area contributed by atoms with E-state index in [-0.39, 0.29) is 5.56 Å². The highest BCUT2D eigenvalue weighted by Gasteiger charge is 2.24. The summed E-state index contributed by atoms with van der Waals surface area (Å²) >= 11 is 0. The van der Waals surface area contributed by atoms with E-state index >= 15 is 0 Å². The van der Waals surface area contributed by atoms with Crippen molar-refractivity contribution in [2.24, 2.45) is 0 Å². The number of rotatable bonds is 8. The Labute approximate surface area is 196 Å². The summed E-state index contributed by atoms with van der Waals surface area (Å²) in [6.07, 6.45) is 2.28. The first kappa shape index (κ1) is 24.5. The Balaban J connectivity index is 1.80. The van der Waals surface area contributed by atoms with Gasteiger partial charge in [0, 0.05) is 0 Å². The van der Waals surface area contributed by atoms with Crippen LogP contribution in [0.3, 0.4) is 0 Å². The van der Waals surface area contributed by atoms with Crippen LogP contribution < -0.4 is 4.72 Å². The lowest BCUT2D eigenvalue weighted by molar-refractivity contribution is 0.0697. The van der Waals surface area contributed by atoms with Crippen LogP contribution in [0.1, 0.15) is 55.7 Å². The quantitative estimate of drug-likeness (QED) is 0.434. The highest BCUT2D eigenvalue weighted by Crippen LogP contribution is 2.31. The van der Waals surface area contributed by atoms with Crippen molar-refractivity contribution in [3.63, 3.8) is 0 Å². The number of aromatic carboxylic acids is 1. The van der Waals surface area contributed by atoms with Gasteiger partial charge in [-0.05, 0) is 111 Å². The summed E-state index contributed by atoms with van der Waals surface area (Å²) < 4.78 is 29.7. The number of nitrogens with one attached hydrogen (secondary N) is 1. The van der Waals surface area contributed by atoms with E-state index in [0.717, 1.165) is 51.8 Å². The van der Waals surface area contributed by atoms with Gasteiger partial charge in [-0.1, -0.05) is 30.3 Å². The van der Waals surface area contributed by atoms with Crippen molar-refractivity contribution >= 4 is 21.7 Å². The number of hydrogen-bond donors (Lipinski definition) is 2. The molecule has 0 spiro atoms. The van der Waals surface area contributed by atoms with E-state index < -0.39 is 16.0 Å². The number of carboxylic acid groups (broad SMARTS) is 1. The fraction of sp³-hybridized carbons (Fsp3) is 0.296. The van der Waals surface area contributed by atoms with Gasteiger partial charge in [-0.25, -0.2) is 13.2 Å². The van der Waals surface area contributed by atoms with E-state index in [1.165, 1.54) is 0 Å². The Morgan fingerprint density at radius 3 is 1.91 bits per heavy atom. The predicted molar refractivity (Wildman–Crippen MR) is 133 cm³/mol. The lowest BCUT2D eigenvalue weighted by Crippen LogP contribution is -2.18. The van der Waals surface area contributed by atoms with Crippen molar-refractivity contribution in [3.05, 3.63) is 93.0 Å². The van der Waals surface area contributed by atoms with Gasteiger partial charge in [-0.3, -0.25) is 4.72 Å². The van der Waals surface area contributed by atoms with Crippen molar-refractivity contribution < 1.29 is 18.3 Å². The van der Waals surface area contributed by atoms with Crippen molar-refractivity contribution in [2.45, 2.75) is 58.8 Å². The summed E-state index contributed by atoms with van der Waals surface area (Å²) in [5, 5.41) is 9.03. The van der Waals surface area contributed by atoms with Crippen LogP contribution in [-0.2, 0) is 22.9 Å². The molecule has 0 aliphatic carbocycles. The molecule has 174 valence electrons. The van der Waals surface area contributed by atoms with Crippen LogP contribution in [0.5, 0.6) is 0 Å². The van der Waals surface area contributed by atoms with E-state index in [0.29, 0.717) is 17.0 Å². The average molecular weight is 466 g/mol. The van der Waals surface area contributed by atoms with Gasteiger partial charge in [0.05, 0.1) is 16.1 Å². The first-order valence-electron chi connectivity index (χ1n) is 11.0. The molecule has 0 atom stereocenters. The summed E-state index contributed by atoms with van der Waals surface area (Å²) in [7, 11) is -3.75. The van der Waals surface area contributed by atoms with Crippen molar-refractivity contribution in [1.29, 1.82) is 0 Å². The Kier molecular flexibility index (Phi) is 7.28. The molecule has 0 amide bonds. The molecule has 0 aromatic heterocycles. The zero-order chi connectivity index (χ0) is 24.3. The minimum Gasteiger partial charge on any atom is -0.478 e. The molecule has 0 radical (unpaired) electrons. The smallest absolute Gasteiger partial charge is 0.335 e. The second-order valence-electron chi connectivity index (χ2n) is 8.57. The van der Waals surface area contributed by atoms with Crippen LogP contribution in [0.4, 0.5) is 5.69 Å². The Morgan fingerprint density at radius 2 is 1.33 bits per heavy atom. The molecule has 0 unspecified atom stereocenters. The molecule has 6 heteroatoms. The third-order valence-corrected chi connectivity index (χ3v) is 8.21. The van der Waals surface area contributed by atoms with E-state index in [1.807, 2.05) is 65.0 Å². The summed E-state index contributed by atoms with van der Waals surface area (Å²) in [6.45, 7) is 9.69. The molecular formula is C27H31NO4S. The van der Waals surface area contributed by atoms with Gasteiger partial charge in [-0.15, -0.1) is 0 Å². The second kappa shape index (κ2) is 9.79. The minimum atomic E-state index is -3.75. The van der Waals surface area contributed by atoms with Crippen LogP contribution in [0.15, 0.2) is 53.4 Å². The van der Waals surface area contributed by atoms with E-state index in [1.54, 1.807) is 18.2 Å². The number of anilines is 1. The molecule has 0 bridgehead atoms. The second-order valence-corrected chi connectivity index (χ2v) is 10.2. The first-order chi connectivity index (χ1) is 15.5. The third kappa shape index (κ3) is 5.28. The molecule has 3 rings (SSSR count). The van der Waals surface area contributed by atoms with Gasteiger partial charge in [0.2, 0.25) is 0 Å². The van der Waals surface area contributed by atoms with Crippen molar-refractivity contribution in [2.75, 3.05) is 4.72 Å². The summed E-state index contributed by atoms with van der Waals surface area (Å²) in [6, 6.07) is 14.3. The zero-order valence-electron chi connectivity index (χ0n) is 19.8. The van der Waals surface area contributed by atoms with Crippen LogP contribution >= 0.6 is 0 Å². The van der Waals surface area contributed by atoms with Gasteiger partial charge in [0.1, 0.15) is 0 Å². The number of carboxylic acids is 1. The number of sulfonamides is 1.